The number of aliphatic hydroxyl groups is 1. The van der Waals surface area contributed by atoms with Crippen molar-refractivity contribution in [1.29, 1.82) is 0 Å². The minimum atomic E-state index is -1.52. The second-order valence-corrected chi connectivity index (χ2v) is 11.7. The molecule has 3 aromatic rings. The molecule has 2 unspecified atom stereocenters. The van der Waals surface area contributed by atoms with Gasteiger partial charge < -0.3 is 20.1 Å². The highest BCUT2D eigenvalue weighted by Crippen LogP contribution is 2.37. The van der Waals surface area contributed by atoms with E-state index in [1.807, 2.05) is 57.5 Å². The van der Waals surface area contributed by atoms with Gasteiger partial charge in [-0.25, -0.2) is 9.67 Å². The monoisotopic (exact) mass is 603 g/mol. The normalized spacial score (nSPS) is 20.1. The molecule has 3 atom stereocenters. The van der Waals surface area contributed by atoms with Gasteiger partial charge in [-0.1, -0.05) is 54.0 Å². The summed E-state index contributed by atoms with van der Waals surface area (Å²) in [6, 6.07) is 7.66. The summed E-state index contributed by atoms with van der Waals surface area (Å²) in [5.41, 5.74) is 3.28. The molecule has 4 rings (SSSR count). The number of aliphatic hydroxyl groups excluding tert-OH is 1. The molecule has 0 bridgehead atoms. The average molecular weight is 605 g/mol. The molecule has 2 N–H and O–H groups in total. The largest absolute Gasteiger partial charge is 0.489 e. The van der Waals surface area contributed by atoms with E-state index in [9.17, 15) is 14.7 Å². The van der Waals surface area contributed by atoms with Crippen LogP contribution in [-0.4, -0.2) is 61.2 Å². The van der Waals surface area contributed by atoms with Gasteiger partial charge in [0.1, 0.15) is 0 Å². The van der Waals surface area contributed by atoms with E-state index >= 15 is 0 Å². The maximum absolute atomic E-state index is 14.1. The van der Waals surface area contributed by atoms with Crippen molar-refractivity contribution in [1.82, 2.24) is 25.0 Å². The van der Waals surface area contributed by atoms with E-state index in [-0.39, 0.29) is 37.3 Å². The molecule has 2 amide bonds. The number of nitrogens with one attached hydrogen (secondary N) is 1. The Balaban J connectivity index is 1.64. The highest BCUT2D eigenvalue weighted by Gasteiger charge is 2.55. The molecule has 1 fully saturated rings. The van der Waals surface area contributed by atoms with Crippen molar-refractivity contribution in [3.63, 3.8) is 0 Å². The SMILES string of the molecule is Cc1ncsc1-c1ccc([C@H](C)NC(=O)C2(n3cc(OCCBr)cn3)CC(O)CN2C(=O)CC(C)C)cc1. The Bertz CT molecular complexity index is 1260. The van der Waals surface area contributed by atoms with Crippen molar-refractivity contribution in [2.45, 2.75) is 58.3 Å². The molecule has 0 aliphatic carbocycles. The van der Waals surface area contributed by atoms with Crippen LogP contribution in [0.2, 0.25) is 0 Å². The number of aromatic nitrogens is 3. The van der Waals surface area contributed by atoms with Crippen LogP contribution in [-0.2, 0) is 15.3 Å². The van der Waals surface area contributed by atoms with Gasteiger partial charge in [0.2, 0.25) is 11.6 Å². The number of thiazole rings is 1. The molecule has 11 heteroatoms. The van der Waals surface area contributed by atoms with Crippen LogP contribution in [0.3, 0.4) is 0 Å². The van der Waals surface area contributed by atoms with E-state index in [4.69, 9.17) is 4.74 Å². The lowest BCUT2D eigenvalue weighted by molar-refractivity contribution is -0.153. The Morgan fingerprint density at radius 3 is 2.66 bits per heavy atom. The van der Waals surface area contributed by atoms with Gasteiger partial charge in [0.25, 0.3) is 5.91 Å². The maximum Gasteiger partial charge on any atom is 0.269 e. The van der Waals surface area contributed by atoms with Gasteiger partial charge in [-0.2, -0.15) is 5.10 Å². The van der Waals surface area contributed by atoms with Gasteiger partial charge in [-0.15, -0.1) is 11.3 Å². The number of amides is 2. The Labute approximate surface area is 235 Å². The molecular formula is C27H34BrN5O4S. The Morgan fingerprint density at radius 1 is 1.29 bits per heavy atom. The summed E-state index contributed by atoms with van der Waals surface area (Å²) in [5.74, 6) is -0.0365. The first-order chi connectivity index (χ1) is 18.1. The van der Waals surface area contributed by atoms with Crippen LogP contribution in [0.1, 0.15) is 50.9 Å². The summed E-state index contributed by atoms with van der Waals surface area (Å²) >= 11 is 4.93. The molecular weight excluding hydrogens is 570 g/mol. The number of ether oxygens (including phenoxy) is 1. The Kier molecular flexibility index (Phi) is 8.89. The van der Waals surface area contributed by atoms with Crippen LogP contribution in [0.15, 0.2) is 42.2 Å². The lowest BCUT2D eigenvalue weighted by atomic mass is 10.0. The van der Waals surface area contributed by atoms with Gasteiger partial charge in [0.15, 0.2) is 5.75 Å². The molecule has 9 nitrogen and oxygen atoms in total. The molecule has 0 radical (unpaired) electrons. The van der Waals surface area contributed by atoms with E-state index in [0.29, 0.717) is 17.7 Å². The van der Waals surface area contributed by atoms with E-state index < -0.39 is 17.7 Å². The van der Waals surface area contributed by atoms with Crippen LogP contribution in [0.25, 0.3) is 10.4 Å². The zero-order chi connectivity index (χ0) is 27.4. The van der Waals surface area contributed by atoms with Crippen LogP contribution in [0, 0.1) is 12.8 Å². The lowest BCUT2D eigenvalue weighted by Gasteiger charge is -2.38. The summed E-state index contributed by atoms with van der Waals surface area (Å²) in [6.07, 6.45) is 2.55. The van der Waals surface area contributed by atoms with Crippen molar-refractivity contribution in [2.75, 3.05) is 18.5 Å². The first-order valence-corrected chi connectivity index (χ1v) is 14.7. The fourth-order valence-corrected chi connectivity index (χ4v) is 5.78. The van der Waals surface area contributed by atoms with Crippen molar-refractivity contribution in [2.24, 2.45) is 5.92 Å². The van der Waals surface area contributed by atoms with Crippen LogP contribution >= 0.6 is 27.3 Å². The van der Waals surface area contributed by atoms with Crippen molar-refractivity contribution in [3.05, 3.63) is 53.4 Å². The Morgan fingerprint density at radius 2 is 2.03 bits per heavy atom. The molecule has 0 saturated carbocycles. The van der Waals surface area contributed by atoms with Gasteiger partial charge >= 0.3 is 0 Å². The molecule has 3 heterocycles. The molecule has 1 aliphatic rings. The predicted molar refractivity (Wildman–Crippen MR) is 150 cm³/mol. The number of aryl methyl sites for hydroxylation is 1. The smallest absolute Gasteiger partial charge is 0.269 e. The summed E-state index contributed by atoms with van der Waals surface area (Å²) in [6.45, 7) is 8.26. The first-order valence-electron chi connectivity index (χ1n) is 12.7. The van der Waals surface area contributed by atoms with Crippen LogP contribution in [0.5, 0.6) is 5.75 Å². The number of carbonyl (C=O) groups excluding carboxylic acids is 2. The number of carbonyl (C=O) groups is 2. The zero-order valence-corrected chi connectivity index (χ0v) is 24.5. The van der Waals surface area contributed by atoms with E-state index in [1.54, 1.807) is 17.5 Å². The van der Waals surface area contributed by atoms with E-state index in [2.05, 4.69) is 31.3 Å². The Hall–Kier alpha value is -2.76. The van der Waals surface area contributed by atoms with Gasteiger partial charge in [0.05, 0.1) is 47.2 Å². The fourth-order valence-electron chi connectivity index (χ4n) is 4.81. The third-order valence-corrected chi connectivity index (χ3v) is 7.96. The van der Waals surface area contributed by atoms with Crippen molar-refractivity contribution < 1.29 is 19.4 Å². The zero-order valence-electron chi connectivity index (χ0n) is 22.1. The third kappa shape index (κ3) is 5.79. The fraction of sp³-hybridized carbons (Fsp3) is 0.481. The second kappa shape index (κ2) is 12.0. The second-order valence-electron chi connectivity index (χ2n) is 10.0. The number of hydrogen-bond acceptors (Lipinski definition) is 7. The third-order valence-electron chi connectivity index (χ3n) is 6.66. The summed E-state index contributed by atoms with van der Waals surface area (Å²) in [4.78, 5) is 34.4. The van der Waals surface area contributed by atoms with Gasteiger partial charge in [-0.3, -0.25) is 9.59 Å². The van der Waals surface area contributed by atoms with Crippen molar-refractivity contribution in [3.8, 4) is 16.2 Å². The maximum atomic E-state index is 14.1. The number of alkyl halides is 1. The summed E-state index contributed by atoms with van der Waals surface area (Å²) in [7, 11) is 0. The molecule has 1 aromatic carbocycles. The van der Waals surface area contributed by atoms with Gasteiger partial charge in [0, 0.05) is 24.7 Å². The quantitative estimate of drug-likeness (QED) is 0.335. The summed E-state index contributed by atoms with van der Waals surface area (Å²) in [5, 5.41) is 18.9. The molecule has 2 aromatic heterocycles. The predicted octanol–water partition coefficient (Wildman–Crippen LogP) is 4.26. The van der Waals surface area contributed by atoms with Crippen molar-refractivity contribution >= 4 is 39.1 Å². The van der Waals surface area contributed by atoms with Crippen LogP contribution < -0.4 is 10.1 Å². The molecule has 204 valence electrons. The first kappa shape index (κ1) is 28.3. The van der Waals surface area contributed by atoms with Gasteiger partial charge in [-0.05, 0) is 30.9 Å². The lowest BCUT2D eigenvalue weighted by Crippen LogP contribution is -2.59. The minimum absolute atomic E-state index is 0.0263. The van der Waals surface area contributed by atoms with E-state index in [1.165, 1.54) is 15.8 Å². The molecule has 38 heavy (non-hydrogen) atoms. The number of likely N-dealkylation sites (tertiary alicyclic amines) is 1. The number of halogens is 1. The number of hydrogen-bond donors (Lipinski definition) is 2. The minimum Gasteiger partial charge on any atom is -0.489 e. The van der Waals surface area contributed by atoms with E-state index in [0.717, 1.165) is 21.7 Å². The molecule has 1 saturated heterocycles. The standard InChI is InChI=1S/C27H34BrN5O4S/c1-17(2)11-24(35)32-14-22(34)12-27(32,33-15-23(13-30-33)37-10-9-28)26(36)31-18(3)20-5-7-21(8-6-20)25-19(4)29-16-38-25/h5-8,13,15-18,22,34H,9-12,14H2,1-4H3,(H,31,36)/t18-,22?,27?/m0/s1. The summed E-state index contributed by atoms with van der Waals surface area (Å²) < 4.78 is 7.14. The highest BCUT2D eigenvalue weighted by atomic mass is 79.9. The number of nitrogens with zero attached hydrogens (tertiary/aromatic N) is 4. The number of β-amino-alcohol motifs (C(OH)–C–C–N with tert-alkyl or cyclic N) is 1. The molecule has 0 spiro atoms. The highest BCUT2D eigenvalue weighted by molar-refractivity contribution is 9.09. The number of rotatable bonds is 10. The van der Waals surface area contributed by atoms with Crippen LogP contribution in [0.4, 0.5) is 0 Å². The number of benzene rings is 1. The average Bonchev–Trinajstić information content (AvgIpc) is 3.61. The topological polar surface area (TPSA) is 110 Å². The molecule has 1 aliphatic heterocycles.